The first kappa shape index (κ1) is 10.6. The number of rotatable bonds is 3. The molecule has 2 N–H and O–H groups in total. The predicted molar refractivity (Wildman–Crippen MR) is 58.4 cm³/mol. The summed E-state index contributed by atoms with van der Waals surface area (Å²) in [5.41, 5.74) is 7.77. The average Bonchev–Trinajstić information content (AvgIpc) is 2.73. The number of hydrogen-bond acceptors (Lipinski definition) is 3. The fourth-order valence-electron chi connectivity index (χ4n) is 2.08. The van der Waals surface area contributed by atoms with Crippen LogP contribution in [0.4, 0.5) is 0 Å². The lowest BCUT2D eigenvalue weighted by Gasteiger charge is -2.10. The summed E-state index contributed by atoms with van der Waals surface area (Å²) in [6, 6.07) is 0. The van der Waals surface area contributed by atoms with Crippen LogP contribution in [0.25, 0.3) is 0 Å². The Labute approximate surface area is 90.4 Å². The molecule has 2 heterocycles. The summed E-state index contributed by atoms with van der Waals surface area (Å²) in [4.78, 5) is 0. The van der Waals surface area contributed by atoms with Crippen LogP contribution in [0.3, 0.4) is 0 Å². The summed E-state index contributed by atoms with van der Waals surface area (Å²) < 4.78 is 7.71. The molecule has 84 valence electrons. The number of nitrogens with zero attached hydrogens (tertiary/aromatic N) is 2. The van der Waals surface area contributed by atoms with E-state index in [0.717, 1.165) is 30.6 Å². The molecule has 1 aliphatic heterocycles. The molecule has 1 fully saturated rings. The summed E-state index contributed by atoms with van der Waals surface area (Å²) in [7, 11) is 0. The van der Waals surface area contributed by atoms with Crippen molar-refractivity contribution in [3.8, 4) is 0 Å². The van der Waals surface area contributed by atoms with Gasteiger partial charge in [-0.2, -0.15) is 5.10 Å². The molecule has 2 rings (SSSR count). The predicted octanol–water partition coefficient (Wildman–Crippen LogP) is 1.22. The Morgan fingerprint density at radius 3 is 2.93 bits per heavy atom. The van der Waals surface area contributed by atoms with Crippen LogP contribution < -0.4 is 5.73 Å². The maximum Gasteiger partial charge on any atom is 0.0775 e. The normalized spacial score (nSPS) is 26.1. The monoisotopic (exact) mass is 209 g/mol. The second-order valence-electron chi connectivity index (χ2n) is 4.31. The van der Waals surface area contributed by atoms with E-state index in [4.69, 9.17) is 10.5 Å². The third-order valence-corrected chi connectivity index (χ3v) is 2.98. The minimum Gasteiger partial charge on any atom is -0.373 e. The van der Waals surface area contributed by atoms with E-state index < -0.39 is 0 Å². The van der Waals surface area contributed by atoms with Crippen LogP contribution in [0.5, 0.6) is 0 Å². The van der Waals surface area contributed by atoms with Gasteiger partial charge in [-0.15, -0.1) is 0 Å². The van der Waals surface area contributed by atoms with E-state index in [-0.39, 0.29) is 0 Å². The zero-order chi connectivity index (χ0) is 10.8. The molecular formula is C11H19N3O. The molecular weight excluding hydrogens is 190 g/mol. The SMILES string of the molecule is Cc1nn(CC2CCC(C)O2)cc1CN. The summed E-state index contributed by atoms with van der Waals surface area (Å²) >= 11 is 0. The molecule has 1 saturated heterocycles. The highest BCUT2D eigenvalue weighted by atomic mass is 16.5. The molecule has 0 saturated carbocycles. The summed E-state index contributed by atoms with van der Waals surface area (Å²) in [5, 5.41) is 4.43. The van der Waals surface area contributed by atoms with Crippen LogP contribution in [0.1, 0.15) is 31.0 Å². The molecule has 15 heavy (non-hydrogen) atoms. The Morgan fingerprint density at radius 1 is 1.60 bits per heavy atom. The summed E-state index contributed by atoms with van der Waals surface area (Å²) in [6.45, 7) is 5.54. The number of aromatic nitrogens is 2. The number of ether oxygens (including phenoxy) is 1. The van der Waals surface area contributed by atoms with Gasteiger partial charge in [-0.05, 0) is 26.7 Å². The van der Waals surface area contributed by atoms with E-state index in [2.05, 4.69) is 12.0 Å². The van der Waals surface area contributed by atoms with Crippen LogP contribution in [0.15, 0.2) is 6.20 Å². The van der Waals surface area contributed by atoms with E-state index in [9.17, 15) is 0 Å². The first-order chi connectivity index (χ1) is 7.19. The van der Waals surface area contributed by atoms with Crippen LogP contribution in [-0.2, 0) is 17.8 Å². The Morgan fingerprint density at radius 2 is 2.40 bits per heavy atom. The molecule has 4 heteroatoms. The van der Waals surface area contributed by atoms with Gasteiger partial charge in [-0.1, -0.05) is 0 Å². The Balaban J connectivity index is 1.98. The van der Waals surface area contributed by atoms with Gasteiger partial charge in [-0.25, -0.2) is 0 Å². The molecule has 0 spiro atoms. The quantitative estimate of drug-likeness (QED) is 0.814. The van der Waals surface area contributed by atoms with Crippen molar-refractivity contribution in [1.29, 1.82) is 0 Å². The average molecular weight is 209 g/mol. The maximum atomic E-state index is 5.76. The molecule has 2 unspecified atom stereocenters. The minimum absolute atomic E-state index is 0.324. The first-order valence-corrected chi connectivity index (χ1v) is 5.57. The van der Waals surface area contributed by atoms with Gasteiger partial charge in [-0.3, -0.25) is 4.68 Å². The first-order valence-electron chi connectivity index (χ1n) is 5.57. The maximum absolute atomic E-state index is 5.76. The molecule has 1 aliphatic rings. The second kappa shape index (κ2) is 4.33. The lowest BCUT2D eigenvalue weighted by Crippen LogP contribution is -2.16. The van der Waals surface area contributed by atoms with Crippen molar-refractivity contribution in [3.05, 3.63) is 17.5 Å². The van der Waals surface area contributed by atoms with E-state index in [1.165, 1.54) is 0 Å². The van der Waals surface area contributed by atoms with Gasteiger partial charge in [0, 0.05) is 18.3 Å². The molecule has 0 bridgehead atoms. The van der Waals surface area contributed by atoms with Gasteiger partial charge in [0.15, 0.2) is 0 Å². The fraction of sp³-hybridized carbons (Fsp3) is 0.727. The Bertz CT molecular complexity index is 335. The van der Waals surface area contributed by atoms with Crippen molar-refractivity contribution in [1.82, 2.24) is 9.78 Å². The number of hydrogen-bond donors (Lipinski definition) is 1. The van der Waals surface area contributed by atoms with Crippen molar-refractivity contribution in [3.63, 3.8) is 0 Å². The smallest absolute Gasteiger partial charge is 0.0775 e. The molecule has 2 atom stereocenters. The van der Waals surface area contributed by atoms with Crippen molar-refractivity contribution >= 4 is 0 Å². The van der Waals surface area contributed by atoms with Crippen molar-refractivity contribution in [2.24, 2.45) is 5.73 Å². The molecule has 1 aromatic rings. The van der Waals surface area contributed by atoms with Crippen molar-refractivity contribution in [2.45, 2.75) is 52.0 Å². The second-order valence-corrected chi connectivity index (χ2v) is 4.31. The van der Waals surface area contributed by atoms with E-state index in [1.54, 1.807) is 0 Å². The van der Waals surface area contributed by atoms with Crippen molar-refractivity contribution in [2.75, 3.05) is 0 Å². The highest BCUT2D eigenvalue weighted by molar-refractivity contribution is 5.14. The third kappa shape index (κ3) is 2.38. The van der Waals surface area contributed by atoms with Gasteiger partial charge in [0.2, 0.25) is 0 Å². The van der Waals surface area contributed by atoms with Crippen LogP contribution in [0.2, 0.25) is 0 Å². The van der Waals surface area contributed by atoms with E-state index in [1.807, 2.05) is 17.8 Å². The zero-order valence-corrected chi connectivity index (χ0v) is 9.44. The topological polar surface area (TPSA) is 53.1 Å². The van der Waals surface area contributed by atoms with E-state index >= 15 is 0 Å². The largest absolute Gasteiger partial charge is 0.373 e. The van der Waals surface area contributed by atoms with Gasteiger partial charge in [0.25, 0.3) is 0 Å². The number of aryl methyl sites for hydroxylation is 1. The summed E-state index contributed by atoms with van der Waals surface area (Å²) in [5.74, 6) is 0. The van der Waals surface area contributed by atoms with Gasteiger partial charge < -0.3 is 10.5 Å². The fourth-order valence-corrected chi connectivity index (χ4v) is 2.08. The van der Waals surface area contributed by atoms with Gasteiger partial charge in [0.05, 0.1) is 24.4 Å². The molecule has 0 amide bonds. The van der Waals surface area contributed by atoms with Crippen LogP contribution >= 0.6 is 0 Å². The minimum atomic E-state index is 0.324. The van der Waals surface area contributed by atoms with Gasteiger partial charge in [0.1, 0.15) is 0 Å². The Hall–Kier alpha value is -0.870. The molecule has 0 aromatic carbocycles. The van der Waals surface area contributed by atoms with Crippen LogP contribution in [-0.4, -0.2) is 22.0 Å². The molecule has 0 aliphatic carbocycles. The summed E-state index contributed by atoms with van der Waals surface area (Å²) in [6.07, 6.45) is 5.06. The standard InChI is InChI=1S/C11H19N3O/c1-8-3-4-11(15-8)7-14-6-10(5-12)9(2)13-14/h6,8,11H,3-5,7,12H2,1-2H3. The third-order valence-electron chi connectivity index (χ3n) is 2.98. The molecule has 4 nitrogen and oxygen atoms in total. The lowest BCUT2D eigenvalue weighted by atomic mass is 10.2. The molecule has 1 aromatic heterocycles. The van der Waals surface area contributed by atoms with Crippen LogP contribution in [0, 0.1) is 6.92 Å². The lowest BCUT2D eigenvalue weighted by molar-refractivity contribution is 0.0436. The highest BCUT2D eigenvalue weighted by Crippen LogP contribution is 2.20. The number of nitrogens with two attached hydrogens (primary N) is 1. The van der Waals surface area contributed by atoms with E-state index in [0.29, 0.717) is 18.8 Å². The van der Waals surface area contributed by atoms with Crippen molar-refractivity contribution < 1.29 is 4.74 Å². The molecule has 0 radical (unpaired) electrons. The highest BCUT2D eigenvalue weighted by Gasteiger charge is 2.22. The zero-order valence-electron chi connectivity index (χ0n) is 9.44. The Kier molecular flexibility index (Phi) is 3.07. The van der Waals surface area contributed by atoms with Gasteiger partial charge >= 0.3 is 0 Å².